The lowest BCUT2D eigenvalue weighted by molar-refractivity contribution is 0.418. The molecule has 0 bridgehead atoms. The molecule has 102 valence electrons. The van der Waals surface area contributed by atoms with Crippen molar-refractivity contribution in [1.29, 1.82) is 0 Å². The summed E-state index contributed by atoms with van der Waals surface area (Å²) in [6.45, 7) is 0. The first-order valence-electron chi connectivity index (χ1n) is 7.22. The fourth-order valence-electron chi connectivity index (χ4n) is 2.64. The van der Waals surface area contributed by atoms with Crippen LogP contribution in [0.5, 0.6) is 0 Å². The van der Waals surface area contributed by atoms with Gasteiger partial charge >= 0.3 is 0 Å². The molecule has 1 aromatic rings. The third kappa shape index (κ3) is 4.55. The third-order valence-electron chi connectivity index (χ3n) is 3.57. The van der Waals surface area contributed by atoms with Gasteiger partial charge in [0.1, 0.15) is 0 Å². The fourth-order valence-corrected chi connectivity index (χ4v) is 2.64. The zero-order valence-electron chi connectivity index (χ0n) is 12.0. The second-order valence-corrected chi connectivity index (χ2v) is 5.43. The number of rotatable bonds is 4. The Labute approximate surface area is 116 Å². The number of allylic oxidation sites excluding steroid dienone is 1. The summed E-state index contributed by atoms with van der Waals surface area (Å²) in [6, 6.07) is 10.5. The predicted molar refractivity (Wildman–Crippen MR) is 83.2 cm³/mol. The minimum absolute atomic E-state index is 0.635. The predicted octanol–water partition coefficient (Wildman–Crippen LogP) is 4.20. The quantitative estimate of drug-likeness (QED) is 0.737. The lowest BCUT2D eigenvalue weighted by Gasteiger charge is -2.24. The van der Waals surface area contributed by atoms with Crippen LogP contribution in [-0.4, -0.2) is 24.8 Å². The highest BCUT2D eigenvalue weighted by Gasteiger charge is 2.19. The van der Waals surface area contributed by atoms with E-state index in [0.717, 1.165) is 6.42 Å². The van der Waals surface area contributed by atoms with E-state index >= 15 is 0 Å². The molecule has 0 aromatic heterocycles. The molecule has 2 rings (SSSR count). The van der Waals surface area contributed by atoms with Crippen molar-refractivity contribution < 1.29 is 0 Å². The molecule has 0 spiro atoms. The first-order valence-corrected chi connectivity index (χ1v) is 7.22. The second kappa shape index (κ2) is 7.13. The molecule has 1 saturated carbocycles. The standard InChI is InChI=1S/C17H24N2/c1-19(2)18-17-14-7-6-12-16(17)13-8-11-15-9-4-3-5-10-15/h3-5,8-11,16H,6-7,12-14H2,1-2H3/b11-8+,18-17+. The maximum atomic E-state index is 4.66. The van der Waals surface area contributed by atoms with Gasteiger partial charge < -0.3 is 5.01 Å². The molecule has 2 nitrogen and oxygen atoms in total. The summed E-state index contributed by atoms with van der Waals surface area (Å²) in [7, 11) is 4.02. The number of nitrogens with zero attached hydrogens (tertiary/aromatic N) is 2. The molecule has 0 aliphatic heterocycles. The van der Waals surface area contributed by atoms with Crippen LogP contribution in [0.15, 0.2) is 41.5 Å². The van der Waals surface area contributed by atoms with E-state index in [1.807, 2.05) is 19.1 Å². The van der Waals surface area contributed by atoms with Crippen molar-refractivity contribution in [3.05, 3.63) is 42.0 Å². The van der Waals surface area contributed by atoms with Crippen molar-refractivity contribution in [3.63, 3.8) is 0 Å². The number of hydrogen-bond acceptors (Lipinski definition) is 2. The molecule has 0 amide bonds. The van der Waals surface area contributed by atoms with Gasteiger partial charge in [-0.15, -0.1) is 0 Å². The van der Waals surface area contributed by atoms with Gasteiger partial charge in [0, 0.05) is 25.7 Å². The monoisotopic (exact) mass is 256 g/mol. The molecule has 1 unspecified atom stereocenters. The van der Waals surface area contributed by atoms with Crippen LogP contribution in [0.3, 0.4) is 0 Å². The van der Waals surface area contributed by atoms with Gasteiger partial charge in [0.15, 0.2) is 0 Å². The molecule has 1 fully saturated rings. The van der Waals surface area contributed by atoms with Crippen LogP contribution >= 0.6 is 0 Å². The van der Waals surface area contributed by atoms with Crippen LogP contribution in [0.25, 0.3) is 6.08 Å². The largest absolute Gasteiger partial charge is 0.303 e. The molecule has 1 aliphatic carbocycles. The van der Waals surface area contributed by atoms with E-state index in [1.54, 1.807) is 0 Å². The Morgan fingerprint density at radius 3 is 2.74 bits per heavy atom. The summed E-state index contributed by atoms with van der Waals surface area (Å²) in [5, 5.41) is 6.60. The molecular weight excluding hydrogens is 232 g/mol. The summed E-state index contributed by atoms with van der Waals surface area (Å²) in [5.74, 6) is 0.635. The van der Waals surface area contributed by atoms with E-state index in [2.05, 4.69) is 47.6 Å². The Balaban J connectivity index is 1.95. The normalized spacial score (nSPS) is 22.0. The van der Waals surface area contributed by atoms with Gasteiger partial charge in [-0.2, -0.15) is 5.10 Å². The molecule has 19 heavy (non-hydrogen) atoms. The average Bonchev–Trinajstić information content (AvgIpc) is 2.41. The fraction of sp³-hybridized carbons (Fsp3) is 0.471. The highest BCUT2D eigenvalue weighted by atomic mass is 15.4. The maximum absolute atomic E-state index is 4.66. The van der Waals surface area contributed by atoms with E-state index < -0.39 is 0 Å². The Bertz CT molecular complexity index is 432. The van der Waals surface area contributed by atoms with Crippen molar-refractivity contribution in [1.82, 2.24) is 5.01 Å². The van der Waals surface area contributed by atoms with Crippen molar-refractivity contribution in [2.75, 3.05) is 14.1 Å². The topological polar surface area (TPSA) is 15.6 Å². The maximum Gasteiger partial charge on any atom is 0.0414 e. The Hall–Kier alpha value is -1.57. The van der Waals surface area contributed by atoms with Crippen LogP contribution in [-0.2, 0) is 0 Å². The van der Waals surface area contributed by atoms with Crippen LogP contribution in [0.2, 0.25) is 0 Å². The molecule has 1 aromatic carbocycles. The van der Waals surface area contributed by atoms with Crippen LogP contribution in [0, 0.1) is 5.92 Å². The highest BCUT2D eigenvalue weighted by molar-refractivity contribution is 5.87. The Kier molecular flexibility index (Phi) is 5.20. The summed E-state index contributed by atoms with van der Waals surface area (Å²) >= 11 is 0. The summed E-state index contributed by atoms with van der Waals surface area (Å²) in [5.41, 5.74) is 2.67. The highest BCUT2D eigenvalue weighted by Crippen LogP contribution is 2.25. The minimum atomic E-state index is 0.635. The zero-order chi connectivity index (χ0) is 13.5. The molecule has 0 saturated heterocycles. The van der Waals surface area contributed by atoms with E-state index in [0.29, 0.717) is 5.92 Å². The molecule has 0 N–H and O–H groups in total. The molecule has 1 aliphatic rings. The average molecular weight is 256 g/mol. The smallest absolute Gasteiger partial charge is 0.0414 e. The second-order valence-electron chi connectivity index (χ2n) is 5.43. The molecule has 1 atom stereocenters. The molecule has 0 radical (unpaired) electrons. The molecule has 0 heterocycles. The van der Waals surface area contributed by atoms with Gasteiger partial charge in [0.25, 0.3) is 0 Å². The van der Waals surface area contributed by atoms with Gasteiger partial charge in [0.2, 0.25) is 0 Å². The van der Waals surface area contributed by atoms with E-state index in [9.17, 15) is 0 Å². The number of hydrazone groups is 1. The van der Waals surface area contributed by atoms with E-state index in [4.69, 9.17) is 0 Å². The van der Waals surface area contributed by atoms with Crippen molar-refractivity contribution >= 4 is 11.8 Å². The summed E-state index contributed by atoms with van der Waals surface area (Å²) < 4.78 is 0. The third-order valence-corrected chi connectivity index (χ3v) is 3.57. The van der Waals surface area contributed by atoms with Crippen LogP contribution < -0.4 is 0 Å². The van der Waals surface area contributed by atoms with Gasteiger partial charge in [-0.25, -0.2) is 0 Å². The first-order chi connectivity index (χ1) is 9.25. The zero-order valence-corrected chi connectivity index (χ0v) is 12.0. The summed E-state index contributed by atoms with van der Waals surface area (Å²) in [4.78, 5) is 0. The van der Waals surface area contributed by atoms with Gasteiger partial charge in [-0.3, -0.25) is 0 Å². The molecular formula is C17H24N2. The lowest BCUT2D eigenvalue weighted by atomic mass is 9.85. The number of hydrogen-bond donors (Lipinski definition) is 0. The van der Waals surface area contributed by atoms with Gasteiger partial charge in [-0.1, -0.05) is 48.9 Å². The SMILES string of the molecule is CN(C)/N=C1\CCCCC1C/C=C/c1ccccc1. The van der Waals surface area contributed by atoms with E-state index in [-0.39, 0.29) is 0 Å². The van der Waals surface area contributed by atoms with Gasteiger partial charge in [0.05, 0.1) is 0 Å². The van der Waals surface area contributed by atoms with Crippen molar-refractivity contribution in [3.8, 4) is 0 Å². The molecule has 2 heteroatoms. The Morgan fingerprint density at radius 1 is 1.21 bits per heavy atom. The van der Waals surface area contributed by atoms with Crippen LogP contribution in [0.1, 0.15) is 37.7 Å². The van der Waals surface area contributed by atoms with Crippen molar-refractivity contribution in [2.45, 2.75) is 32.1 Å². The first kappa shape index (κ1) is 13.9. The van der Waals surface area contributed by atoms with Gasteiger partial charge in [-0.05, 0) is 31.2 Å². The Morgan fingerprint density at radius 2 is 2.00 bits per heavy atom. The number of benzene rings is 1. The van der Waals surface area contributed by atoms with Crippen molar-refractivity contribution in [2.24, 2.45) is 11.0 Å². The summed E-state index contributed by atoms with van der Waals surface area (Å²) in [6.07, 6.45) is 10.7. The minimum Gasteiger partial charge on any atom is -0.303 e. The van der Waals surface area contributed by atoms with E-state index in [1.165, 1.54) is 37.0 Å². The lowest BCUT2D eigenvalue weighted by Crippen LogP contribution is -2.21. The van der Waals surface area contributed by atoms with Crippen LogP contribution in [0.4, 0.5) is 0 Å².